The van der Waals surface area contributed by atoms with Crippen molar-refractivity contribution in [1.82, 2.24) is 20.2 Å². The van der Waals surface area contributed by atoms with Crippen molar-refractivity contribution in [2.24, 2.45) is 0 Å². The van der Waals surface area contributed by atoms with E-state index >= 15 is 0 Å². The summed E-state index contributed by atoms with van der Waals surface area (Å²) < 4.78 is 5.62. The predicted octanol–water partition coefficient (Wildman–Crippen LogP) is 2.58. The number of benzene rings is 1. The van der Waals surface area contributed by atoms with Crippen LogP contribution in [0.3, 0.4) is 0 Å². The Balaban J connectivity index is 1.69. The minimum atomic E-state index is 0.163. The van der Waals surface area contributed by atoms with Gasteiger partial charge >= 0.3 is 0 Å². The lowest BCUT2D eigenvalue weighted by molar-refractivity contribution is 0.528. The molecule has 114 valence electrons. The highest BCUT2D eigenvalue weighted by molar-refractivity contribution is 7.98. The van der Waals surface area contributed by atoms with E-state index in [0.717, 1.165) is 5.56 Å². The predicted molar refractivity (Wildman–Crippen MR) is 85.2 cm³/mol. The second-order valence-corrected chi connectivity index (χ2v) is 5.66. The number of nitrogens with two attached hydrogens (primary N) is 1. The first-order valence-corrected chi connectivity index (χ1v) is 7.69. The lowest BCUT2D eigenvalue weighted by atomic mass is 10.1. The molecule has 3 rings (SSSR count). The van der Waals surface area contributed by atoms with Crippen molar-refractivity contribution in [3.05, 3.63) is 47.5 Å². The number of anilines is 1. The number of hydrogen-bond donors (Lipinski definition) is 1. The van der Waals surface area contributed by atoms with Gasteiger partial charge in [0.05, 0.1) is 11.9 Å². The topological polar surface area (TPSA) is 115 Å². The highest BCUT2D eigenvalue weighted by Crippen LogP contribution is 2.23. The van der Waals surface area contributed by atoms with E-state index in [-0.39, 0.29) is 11.4 Å². The van der Waals surface area contributed by atoms with Crippen LogP contribution >= 0.6 is 11.8 Å². The molecule has 0 saturated carbocycles. The summed E-state index contributed by atoms with van der Waals surface area (Å²) in [5.41, 5.74) is 7.95. The van der Waals surface area contributed by atoms with Crippen molar-refractivity contribution in [2.75, 3.05) is 5.73 Å². The van der Waals surface area contributed by atoms with Gasteiger partial charge in [-0.15, -0.1) is 10.2 Å². The van der Waals surface area contributed by atoms with Crippen LogP contribution in [0.2, 0.25) is 0 Å². The van der Waals surface area contributed by atoms with E-state index in [1.807, 2.05) is 37.3 Å². The molecule has 0 unspecified atom stereocenters. The Kier molecular flexibility index (Phi) is 4.21. The first kappa shape index (κ1) is 15.0. The number of nitrogens with zero attached hydrogens (tertiary/aromatic N) is 5. The zero-order valence-electron chi connectivity index (χ0n) is 12.2. The summed E-state index contributed by atoms with van der Waals surface area (Å²) in [5, 5.41) is 17.3. The number of aromatic nitrogens is 4. The molecule has 7 nitrogen and oxygen atoms in total. The Morgan fingerprint density at radius 2 is 2.04 bits per heavy atom. The maximum absolute atomic E-state index is 8.80. The van der Waals surface area contributed by atoms with E-state index in [9.17, 15) is 0 Å². The number of nitriles is 1. The van der Waals surface area contributed by atoms with Crippen LogP contribution in [0.4, 0.5) is 5.82 Å². The van der Waals surface area contributed by atoms with Gasteiger partial charge < -0.3 is 10.2 Å². The van der Waals surface area contributed by atoms with Crippen molar-refractivity contribution in [3.63, 3.8) is 0 Å². The van der Waals surface area contributed by atoms with Gasteiger partial charge in [-0.3, -0.25) is 0 Å². The average molecular weight is 324 g/mol. The molecule has 0 saturated heterocycles. The molecule has 0 spiro atoms. The van der Waals surface area contributed by atoms with E-state index in [0.29, 0.717) is 22.7 Å². The molecule has 2 aromatic heterocycles. The van der Waals surface area contributed by atoms with Gasteiger partial charge in [0.1, 0.15) is 17.5 Å². The summed E-state index contributed by atoms with van der Waals surface area (Å²) in [6.07, 6.45) is 1.40. The molecule has 2 N–H and O–H groups in total. The number of nitrogen functional groups attached to an aromatic ring is 1. The average Bonchev–Trinajstić information content (AvgIpc) is 3.03. The molecule has 23 heavy (non-hydrogen) atoms. The largest absolute Gasteiger partial charge is 0.420 e. The van der Waals surface area contributed by atoms with Crippen LogP contribution in [0, 0.1) is 18.3 Å². The van der Waals surface area contributed by atoms with Gasteiger partial charge in [0, 0.05) is 5.56 Å². The molecule has 2 heterocycles. The molecular weight excluding hydrogens is 312 g/mol. The first-order chi connectivity index (χ1) is 11.2. The van der Waals surface area contributed by atoms with Crippen LogP contribution in [-0.4, -0.2) is 20.2 Å². The lowest BCUT2D eigenvalue weighted by Gasteiger charge is -1.99. The molecule has 0 aliphatic heterocycles. The molecule has 0 fully saturated rings. The Hall–Kier alpha value is -2.92. The lowest BCUT2D eigenvalue weighted by Crippen LogP contribution is -1.98. The van der Waals surface area contributed by atoms with Crippen molar-refractivity contribution in [3.8, 4) is 17.5 Å². The summed E-state index contributed by atoms with van der Waals surface area (Å²) in [6, 6.07) is 9.77. The van der Waals surface area contributed by atoms with Crippen molar-refractivity contribution >= 4 is 17.6 Å². The quantitative estimate of drug-likeness (QED) is 0.575. The van der Waals surface area contributed by atoms with Gasteiger partial charge in [-0.1, -0.05) is 29.5 Å². The Morgan fingerprint density at radius 1 is 1.26 bits per heavy atom. The Morgan fingerprint density at radius 3 is 2.74 bits per heavy atom. The SMILES string of the molecule is Cc1ccc(-c2nnc(CSc3ncc(C#N)c(N)n3)o2)cc1. The smallest absolute Gasteiger partial charge is 0.247 e. The Bertz CT molecular complexity index is 868. The standard InChI is InChI=1S/C15H12N6OS/c1-9-2-4-10(5-3-9)14-21-20-12(22-14)8-23-15-18-7-11(6-16)13(17)19-15/h2-5,7H,8H2,1H3,(H2,17,18,19). The van der Waals surface area contributed by atoms with Gasteiger partial charge in [0.25, 0.3) is 0 Å². The molecule has 0 aliphatic carbocycles. The van der Waals surface area contributed by atoms with Gasteiger partial charge in [-0.2, -0.15) is 5.26 Å². The molecule has 3 aromatic rings. The van der Waals surface area contributed by atoms with E-state index in [1.54, 1.807) is 0 Å². The van der Waals surface area contributed by atoms with E-state index < -0.39 is 0 Å². The monoisotopic (exact) mass is 324 g/mol. The number of thioether (sulfide) groups is 1. The summed E-state index contributed by atoms with van der Waals surface area (Å²) >= 11 is 1.31. The maximum atomic E-state index is 8.80. The fraction of sp³-hybridized carbons (Fsp3) is 0.133. The van der Waals surface area contributed by atoms with Crippen LogP contribution in [0.25, 0.3) is 11.5 Å². The van der Waals surface area contributed by atoms with Crippen LogP contribution in [0.1, 0.15) is 17.0 Å². The van der Waals surface area contributed by atoms with Crippen molar-refractivity contribution in [2.45, 2.75) is 17.8 Å². The second-order valence-electron chi connectivity index (χ2n) is 4.72. The molecule has 0 aliphatic rings. The third-order valence-electron chi connectivity index (χ3n) is 3.01. The molecule has 8 heteroatoms. The molecule has 0 atom stereocenters. The highest BCUT2D eigenvalue weighted by atomic mass is 32.2. The Labute approximate surface area is 136 Å². The van der Waals surface area contributed by atoms with Gasteiger partial charge in [0.2, 0.25) is 11.8 Å². The van der Waals surface area contributed by atoms with Gasteiger partial charge in [-0.05, 0) is 19.1 Å². The zero-order chi connectivity index (χ0) is 16.2. The second kappa shape index (κ2) is 6.46. The minimum absolute atomic E-state index is 0.163. The number of aryl methyl sites for hydroxylation is 1. The highest BCUT2D eigenvalue weighted by Gasteiger charge is 2.10. The minimum Gasteiger partial charge on any atom is -0.420 e. The van der Waals surface area contributed by atoms with E-state index in [2.05, 4.69) is 20.2 Å². The van der Waals surface area contributed by atoms with Crippen LogP contribution in [0.15, 0.2) is 40.0 Å². The normalized spacial score (nSPS) is 10.4. The summed E-state index contributed by atoms with van der Waals surface area (Å²) in [4.78, 5) is 8.11. The van der Waals surface area contributed by atoms with Gasteiger partial charge in [-0.25, -0.2) is 9.97 Å². The van der Waals surface area contributed by atoms with Crippen molar-refractivity contribution < 1.29 is 4.42 Å². The van der Waals surface area contributed by atoms with Gasteiger partial charge in [0.15, 0.2) is 5.16 Å². The third-order valence-corrected chi connectivity index (χ3v) is 3.85. The van der Waals surface area contributed by atoms with Crippen LogP contribution in [0.5, 0.6) is 0 Å². The molecular formula is C15H12N6OS. The summed E-state index contributed by atoms with van der Waals surface area (Å²) in [6.45, 7) is 2.02. The van der Waals surface area contributed by atoms with E-state index in [1.165, 1.54) is 23.5 Å². The van der Waals surface area contributed by atoms with Crippen molar-refractivity contribution in [1.29, 1.82) is 5.26 Å². The van der Waals surface area contributed by atoms with Crippen LogP contribution < -0.4 is 5.73 Å². The maximum Gasteiger partial charge on any atom is 0.247 e. The molecule has 1 aromatic carbocycles. The summed E-state index contributed by atoms with van der Waals surface area (Å²) in [7, 11) is 0. The molecule has 0 radical (unpaired) electrons. The number of hydrogen-bond acceptors (Lipinski definition) is 8. The molecule has 0 bridgehead atoms. The summed E-state index contributed by atoms with van der Waals surface area (Å²) in [5.74, 6) is 1.53. The molecule has 0 amide bonds. The fourth-order valence-electron chi connectivity index (χ4n) is 1.78. The fourth-order valence-corrected chi connectivity index (χ4v) is 2.44. The third kappa shape index (κ3) is 3.46. The van der Waals surface area contributed by atoms with E-state index in [4.69, 9.17) is 15.4 Å². The zero-order valence-corrected chi connectivity index (χ0v) is 13.0. The number of rotatable bonds is 4. The van der Waals surface area contributed by atoms with Crippen LogP contribution in [-0.2, 0) is 5.75 Å². The first-order valence-electron chi connectivity index (χ1n) is 6.70.